The fraction of sp³-hybridized carbons (Fsp3) is 0.333. The largest absolute Gasteiger partial charge is 0.316 e. The van der Waals surface area contributed by atoms with Gasteiger partial charge in [0.1, 0.15) is 0 Å². The molecular weight excluding hydrogens is 522 g/mol. The van der Waals surface area contributed by atoms with E-state index in [9.17, 15) is 13.2 Å². The van der Waals surface area contributed by atoms with Crippen molar-refractivity contribution in [1.29, 1.82) is 0 Å². The molecule has 1 aliphatic heterocycles. The highest BCUT2D eigenvalue weighted by molar-refractivity contribution is 9.10. The number of rotatable bonds is 4. The summed E-state index contributed by atoms with van der Waals surface area (Å²) in [4.78, 5) is 18.2. The Morgan fingerprint density at radius 1 is 1.19 bits per heavy atom. The van der Waals surface area contributed by atoms with Gasteiger partial charge in [-0.05, 0) is 72.1 Å². The summed E-state index contributed by atoms with van der Waals surface area (Å²) in [7, 11) is -3.59. The van der Waals surface area contributed by atoms with Crippen molar-refractivity contribution in [1.82, 2.24) is 8.87 Å². The topological polar surface area (TPSA) is 71.7 Å². The van der Waals surface area contributed by atoms with Crippen LogP contribution in [0, 0.1) is 5.92 Å². The number of piperidine rings is 1. The summed E-state index contributed by atoms with van der Waals surface area (Å²) in [6, 6.07) is 12.1. The van der Waals surface area contributed by atoms with Crippen molar-refractivity contribution < 1.29 is 13.2 Å². The van der Waals surface area contributed by atoms with E-state index in [0.717, 1.165) is 14.7 Å². The second-order valence-corrected chi connectivity index (χ2v) is 11.5. The number of halogens is 2. The molecule has 0 aliphatic carbocycles. The fourth-order valence-corrected chi connectivity index (χ4v) is 7.18. The quantitative estimate of drug-likeness (QED) is 0.481. The van der Waals surface area contributed by atoms with E-state index in [1.54, 1.807) is 12.1 Å². The van der Waals surface area contributed by atoms with E-state index in [0.29, 0.717) is 42.3 Å². The van der Waals surface area contributed by atoms with Crippen molar-refractivity contribution in [2.45, 2.75) is 31.2 Å². The van der Waals surface area contributed by atoms with Gasteiger partial charge in [0, 0.05) is 35.0 Å². The predicted octanol–water partition coefficient (Wildman–Crippen LogP) is 4.67. The third-order valence-corrected chi connectivity index (χ3v) is 9.28. The molecule has 3 aromatic rings. The second kappa shape index (κ2) is 9.15. The van der Waals surface area contributed by atoms with Crippen LogP contribution in [0.2, 0.25) is 5.02 Å². The number of para-hydroxylation sites is 1. The third-order valence-electron chi connectivity index (χ3n) is 5.43. The molecule has 164 valence electrons. The Bertz CT molecular complexity index is 1290. The van der Waals surface area contributed by atoms with Crippen molar-refractivity contribution in [3.8, 4) is 0 Å². The van der Waals surface area contributed by atoms with Crippen LogP contribution < -0.4 is 4.80 Å². The highest BCUT2D eigenvalue weighted by Gasteiger charge is 2.32. The lowest BCUT2D eigenvalue weighted by Gasteiger charge is -2.29. The Hall–Kier alpha value is -1.52. The summed E-state index contributed by atoms with van der Waals surface area (Å²) >= 11 is 10.9. The maximum atomic E-state index is 12.9. The van der Waals surface area contributed by atoms with Crippen LogP contribution in [0.1, 0.15) is 19.8 Å². The van der Waals surface area contributed by atoms with Crippen LogP contribution in [0.25, 0.3) is 10.2 Å². The number of nitrogens with zero attached hydrogens (tertiary/aromatic N) is 3. The summed E-state index contributed by atoms with van der Waals surface area (Å²) in [6.07, 6.45) is 0.908. The molecule has 1 fully saturated rings. The van der Waals surface area contributed by atoms with Gasteiger partial charge in [-0.15, -0.1) is 0 Å². The maximum absolute atomic E-state index is 12.9. The first kappa shape index (κ1) is 22.7. The lowest BCUT2D eigenvalue weighted by atomic mass is 9.98. The lowest BCUT2D eigenvalue weighted by Crippen LogP contribution is -2.40. The molecule has 0 radical (unpaired) electrons. The molecule has 6 nitrogen and oxygen atoms in total. The Morgan fingerprint density at radius 3 is 2.52 bits per heavy atom. The number of thiazole rings is 1. The minimum Gasteiger partial charge on any atom is -0.316 e. The molecule has 10 heteroatoms. The first-order valence-electron chi connectivity index (χ1n) is 9.93. The van der Waals surface area contributed by atoms with Crippen molar-refractivity contribution in [2.75, 3.05) is 13.1 Å². The molecule has 2 heterocycles. The van der Waals surface area contributed by atoms with Crippen LogP contribution in [0.15, 0.2) is 56.8 Å². The summed E-state index contributed by atoms with van der Waals surface area (Å²) in [5.41, 5.74) is 1.03. The first-order chi connectivity index (χ1) is 14.8. The van der Waals surface area contributed by atoms with E-state index < -0.39 is 10.0 Å². The van der Waals surface area contributed by atoms with Crippen molar-refractivity contribution in [3.05, 3.63) is 56.8 Å². The minimum absolute atomic E-state index is 0.187. The van der Waals surface area contributed by atoms with Crippen molar-refractivity contribution >= 4 is 65.0 Å². The summed E-state index contributed by atoms with van der Waals surface area (Å²) in [5, 5.41) is 0.488. The Labute approximate surface area is 198 Å². The van der Waals surface area contributed by atoms with E-state index in [2.05, 4.69) is 20.9 Å². The standard InChI is InChI=1S/C21H21BrClN3O3S2/c1-2-26-19-17(22)4-3-5-18(19)30-21(26)24-20(27)14-10-12-25(13-11-14)31(28,29)16-8-6-15(23)7-9-16/h3-9,14H,2,10-13H2,1H3. The monoisotopic (exact) mass is 541 g/mol. The van der Waals surface area contributed by atoms with Crippen LogP contribution in [0.4, 0.5) is 0 Å². The average molecular weight is 543 g/mol. The van der Waals surface area contributed by atoms with E-state index >= 15 is 0 Å². The summed E-state index contributed by atoms with van der Waals surface area (Å²) in [6.45, 7) is 3.31. The second-order valence-electron chi connectivity index (χ2n) is 7.30. The molecule has 0 N–H and O–H groups in total. The number of hydrogen-bond donors (Lipinski definition) is 0. The van der Waals surface area contributed by atoms with Crippen LogP contribution in [0.5, 0.6) is 0 Å². The highest BCUT2D eigenvalue weighted by atomic mass is 79.9. The van der Waals surface area contributed by atoms with Gasteiger partial charge < -0.3 is 4.57 Å². The molecule has 0 bridgehead atoms. The molecule has 2 aromatic carbocycles. The molecule has 0 unspecified atom stereocenters. The molecule has 0 saturated carbocycles. The minimum atomic E-state index is -3.59. The Balaban J connectivity index is 1.52. The van der Waals surface area contributed by atoms with E-state index in [4.69, 9.17) is 11.6 Å². The zero-order chi connectivity index (χ0) is 22.2. The number of sulfonamides is 1. The molecule has 1 aliphatic rings. The Kier molecular flexibility index (Phi) is 6.69. The molecule has 4 rings (SSSR count). The molecule has 31 heavy (non-hydrogen) atoms. The molecule has 0 spiro atoms. The van der Waals surface area contributed by atoms with Gasteiger partial charge in [-0.25, -0.2) is 8.42 Å². The van der Waals surface area contributed by atoms with Gasteiger partial charge in [0.15, 0.2) is 4.80 Å². The third kappa shape index (κ3) is 4.52. The first-order valence-corrected chi connectivity index (χ1v) is 13.4. The van der Waals surface area contributed by atoms with Crippen molar-refractivity contribution in [2.24, 2.45) is 10.9 Å². The molecular formula is C21H21BrClN3O3S2. The van der Waals surface area contributed by atoms with Gasteiger partial charge in [-0.2, -0.15) is 9.30 Å². The van der Waals surface area contributed by atoms with Crippen LogP contribution in [-0.2, 0) is 21.4 Å². The van der Waals surface area contributed by atoms with Gasteiger partial charge >= 0.3 is 0 Å². The molecule has 1 aromatic heterocycles. The highest BCUT2D eigenvalue weighted by Crippen LogP contribution is 2.27. The zero-order valence-corrected chi connectivity index (χ0v) is 20.8. The number of benzene rings is 2. The number of aromatic nitrogens is 1. The van der Waals surface area contributed by atoms with Gasteiger partial charge in [0.25, 0.3) is 5.91 Å². The molecule has 1 amide bonds. The number of aryl methyl sites for hydroxylation is 1. The number of carbonyl (C=O) groups excluding carboxylic acids is 1. The Morgan fingerprint density at radius 2 is 1.87 bits per heavy atom. The SMILES string of the molecule is CCn1c(=NC(=O)C2CCN(S(=O)(=O)c3ccc(Cl)cc3)CC2)sc2cccc(Br)c21. The van der Waals surface area contributed by atoms with Gasteiger partial charge in [0.05, 0.1) is 15.1 Å². The number of fused-ring (bicyclic) bond motifs is 1. The van der Waals surface area contributed by atoms with Crippen molar-refractivity contribution in [3.63, 3.8) is 0 Å². The molecule has 1 saturated heterocycles. The normalized spacial score (nSPS) is 16.8. The smallest absolute Gasteiger partial charge is 0.251 e. The van der Waals surface area contributed by atoms with Gasteiger partial charge in [0.2, 0.25) is 10.0 Å². The number of amides is 1. The summed E-state index contributed by atoms with van der Waals surface area (Å²) in [5.74, 6) is -0.468. The zero-order valence-electron chi connectivity index (χ0n) is 16.8. The maximum Gasteiger partial charge on any atom is 0.251 e. The fourth-order valence-electron chi connectivity index (χ4n) is 3.75. The number of carbonyl (C=O) groups is 1. The van der Waals surface area contributed by atoms with Crippen LogP contribution in [0.3, 0.4) is 0 Å². The summed E-state index contributed by atoms with van der Waals surface area (Å²) < 4.78 is 31.2. The van der Waals surface area contributed by atoms with E-state index in [1.165, 1.54) is 27.8 Å². The van der Waals surface area contributed by atoms with E-state index in [1.807, 2.05) is 29.7 Å². The lowest BCUT2D eigenvalue weighted by molar-refractivity contribution is -0.122. The van der Waals surface area contributed by atoms with E-state index in [-0.39, 0.29) is 16.7 Å². The predicted molar refractivity (Wildman–Crippen MR) is 127 cm³/mol. The average Bonchev–Trinajstić information content (AvgIpc) is 3.12. The van der Waals surface area contributed by atoms with Crippen LogP contribution in [-0.4, -0.2) is 36.3 Å². The number of hydrogen-bond acceptors (Lipinski definition) is 4. The van der Waals surface area contributed by atoms with Gasteiger partial charge in [-0.1, -0.05) is 29.0 Å². The van der Waals surface area contributed by atoms with Crippen LogP contribution >= 0.6 is 38.9 Å². The van der Waals surface area contributed by atoms with Gasteiger partial charge in [-0.3, -0.25) is 4.79 Å². The molecule has 0 atom stereocenters.